The van der Waals surface area contributed by atoms with Crippen LogP contribution in [-0.4, -0.2) is 29.3 Å². The third kappa shape index (κ3) is 6.22. The second kappa shape index (κ2) is 12.1. The van der Waals surface area contributed by atoms with Crippen molar-refractivity contribution in [1.29, 1.82) is 0 Å². The Labute approximate surface area is 225 Å². The van der Waals surface area contributed by atoms with E-state index in [2.05, 4.69) is 10.2 Å². The Morgan fingerprint density at radius 1 is 0.974 bits per heavy atom. The molecule has 2 heterocycles. The van der Waals surface area contributed by atoms with Gasteiger partial charge >= 0.3 is 0 Å². The maximum absolute atomic E-state index is 13.4. The van der Waals surface area contributed by atoms with Crippen molar-refractivity contribution in [2.45, 2.75) is 13.2 Å². The number of benzene rings is 3. The van der Waals surface area contributed by atoms with Gasteiger partial charge in [-0.3, -0.25) is 9.69 Å². The molecule has 1 aliphatic heterocycles. The quantitative estimate of drug-likeness (QED) is 0.145. The van der Waals surface area contributed by atoms with Gasteiger partial charge in [-0.1, -0.05) is 54.6 Å². The van der Waals surface area contributed by atoms with E-state index in [0.29, 0.717) is 28.2 Å². The lowest BCUT2D eigenvalue weighted by atomic mass is 10.2. The largest absolute Gasteiger partial charge is 0.496 e. The first-order chi connectivity index (χ1) is 18.7. The molecule has 5 rings (SSSR count). The number of para-hydroxylation sites is 1. The van der Waals surface area contributed by atoms with Crippen LogP contribution in [0, 0.1) is 0 Å². The van der Waals surface area contributed by atoms with Crippen LogP contribution < -0.4 is 9.47 Å². The van der Waals surface area contributed by atoms with E-state index in [1.54, 1.807) is 30.6 Å². The van der Waals surface area contributed by atoms with Gasteiger partial charge in [0.2, 0.25) is 0 Å². The Kier molecular flexibility index (Phi) is 8.01. The van der Waals surface area contributed by atoms with E-state index in [9.17, 15) is 4.79 Å². The average Bonchev–Trinajstić information content (AvgIpc) is 3.57. The Bertz CT molecular complexity index is 1480. The molecule has 1 fully saturated rings. The molecule has 0 atom stereocenters. The number of hydrogen-bond donors (Lipinski definition) is 0. The van der Waals surface area contributed by atoms with Crippen LogP contribution in [0.3, 0.4) is 0 Å². The normalized spacial score (nSPS) is 15.6. The number of methoxy groups -OCH3 is 1. The summed E-state index contributed by atoms with van der Waals surface area (Å²) in [7, 11) is 1.61. The zero-order valence-corrected chi connectivity index (χ0v) is 21.5. The van der Waals surface area contributed by atoms with Gasteiger partial charge in [0.25, 0.3) is 5.91 Å². The van der Waals surface area contributed by atoms with E-state index in [0.717, 1.165) is 22.4 Å². The molecule has 0 saturated carbocycles. The molecule has 0 bridgehead atoms. The molecule has 1 aromatic heterocycles. The Hall–Kier alpha value is -4.56. The molecule has 0 unspecified atom stereocenters. The third-order valence-corrected chi connectivity index (χ3v) is 6.66. The molecule has 1 amide bonds. The lowest BCUT2D eigenvalue weighted by Crippen LogP contribution is -2.28. The van der Waals surface area contributed by atoms with E-state index in [4.69, 9.17) is 13.9 Å². The maximum Gasteiger partial charge on any atom is 0.267 e. The summed E-state index contributed by atoms with van der Waals surface area (Å²) in [5, 5.41) is 9.07. The SMILES string of the molecule is COc1ccccc1/C=N/N=C1\S/C(=C\c2cccc(OCc3ccccc3)c2)C(=O)N1Cc1ccco1. The summed E-state index contributed by atoms with van der Waals surface area (Å²) in [5.41, 5.74) is 2.72. The highest BCUT2D eigenvalue weighted by Gasteiger charge is 2.34. The van der Waals surface area contributed by atoms with E-state index >= 15 is 0 Å². The summed E-state index contributed by atoms with van der Waals surface area (Å²) in [5.74, 6) is 1.89. The molecule has 8 heteroatoms. The summed E-state index contributed by atoms with van der Waals surface area (Å²) < 4.78 is 16.8. The smallest absolute Gasteiger partial charge is 0.267 e. The Morgan fingerprint density at radius 2 is 1.82 bits per heavy atom. The lowest BCUT2D eigenvalue weighted by Gasteiger charge is -2.12. The van der Waals surface area contributed by atoms with Crippen LogP contribution in [0.5, 0.6) is 11.5 Å². The summed E-state index contributed by atoms with van der Waals surface area (Å²) in [6.45, 7) is 0.714. The standard InChI is InChI=1S/C30H25N3O4S/c1-35-27-15-6-5-12-24(27)19-31-32-30-33(20-26-14-8-16-36-26)29(34)28(38-30)18-23-11-7-13-25(17-23)37-21-22-9-3-2-4-10-22/h2-19H,20-21H2,1H3/b28-18-,31-19+,32-30-. The van der Waals surface area contributed by atoms with Crippen molar-refractivity contribution in [2.75, 3.05) is 7.11 Å². The van der Waals surface area contributed by atoms with Gasteiger partial charge in [0.1, 0.15) is 23.9 Å². The highest BCUT2D eigenvalue weighted by Crippen LogP contribution is 2.34. The second-order valence-corrected chi connectivity index (χ2v) is 9.31. The number of rotatable bonds is 9. The first-order valence-corrected chi connectivity index (χ1v) is 12.8. The topological polar surface area (TPSA) is 76.6 Å². The molecule has 190 valence electrons. The maximum atomic E-state index is 13.4. The van der Waals surface area contributed by atoms with Crippen LogP contribution >= 0.6 is 11.8 Å². The molecule has 0 spiro atoms. The molecule has 0 aliphatic carbocycles. The van der Waals surface area contributed by atoms with Gasteiger partial charge in [0.15, 0.2) is 5.17 Å². The number of amidine groups is 1. The molecule has 0 radical (unpaired) electrons. The van der Waals surface area contributed by atoms with Crippen molar-refractivity contribution in [3.05, 3.63) is 125 Å². The van der Waals surface area contributed by atoms with Crippen molar-refractivity contribution >= 4 is 35.1 Å². The fourth-order valence-corrected chi connectivity index (χ4v) is 4.72. The number of carbonyl (C=O) groups excluding carboxylic acids is 1. The number of amides is 1. The minimum absolute atomic E-state index is 0.173. The predicted octanol–water partition coefficient (Wildman–Crippen LogP) is 6.37. The molecule has 3 aromatic carbocycles. The predicted molar refractivity (Wildman–Crippen MR) is 150 cm³/mol. The molecule has 0 N–H and O–H groups in total. The van der Waals surface area contributed by atoms with Gasteiger partial charge in [-0.15, -0.1) is 5.10 Å². The monoisotopic (exact) mass is 523 g/mol. The van der Waals surface area contributed by atoms with Crippen molar-refractivity contribution in [3.8, 4) is 11.5 Å². The van der Waals surface area contributed by atoms with E-state index in [1.807, 2.05) is 91.0 Å². The first-order valence-electron chi connectivity index (χ1n) is 11.9. The van der Waals surface area contributed by atoms with Gasteiger partial charge in [0.05, 0.1) is 31.0 Å². The third-order valence-electron chi connectivity index (χ3n) is 5.67. The molecule has 38 heavy (non-hydrogen) atoms. The molecule has 1 aliphatic rings. The Balaban J connectivity index is 1.37. The number of thioether (sulfide) groups is 1. The summed E-state index contributed by atoms with van der Waals surface area (Å²) >= 11 is 1.26. The van der Waals surface area contributed by atoms with E-state index < -0.39 is 0 Å². The molecule has 4 aromatic rings. The zero-order valence-electron chi connectivity index (χ0n) is 20.7. The number of hydrogen-bond acceptors (Lipinski definition) is 7. The van der Waals surface area contributed by atoms with E-state index in [-0.39, 0.29) is 12.5 Å². The molecular formula is C30H25N3O4S. The van der Waals surface area contributed by atoms with Crippen LogP contribution in [0.15, 0.2) is 117 Å². The van der Waals surface area contributed by atoms with Crippen molar-refractivity contribution in [1.82, 2.24) is 4.90 Å². The van der Waals surface area contributed by atoms with Crippen LogP contribution in [-0.2, 0) is 17.9 Å². The van der Waals surface area contributed by atoms with Crippen LogP contribution in [0.25, 0.3) is 6.08 Å². The van der Waals surface area contributed by atoms with Crippen LogP contribution in [0.4, 0.5) is 0 Å². The highest BCUT2D eigenvalue weighted by molar-refractivity contribution is 8.18. The number of nitrogens with zero attached hydrogens (tertiary/aromatic N) is 3. The number of ether oxygens (including phenoxy) is 2. The van der Waals surface area contributed by atoms with Crippen molar-refractivity contribution in [3.63, 3.8) is 0 Å². The van der Waals surface area contributed by atoms with Gasteiger partial charge in [0, 0.05) is 5.56 Å². The fourth-order valence-electron chi connectivity index (χ4n) is 3.78. The zero-order chi connectivity index (χ0) is 26.2. The van der Waals surface area contributed by atoms with Crippen molar-refractivity contribution in [2.24, 2.45) is 10.2 Å². The minimum atomic E-state index is -0.173. The molecule has 1 saturated heterocycles. The second-order valence-electron chi connectivity index (χ2n) is 8.30. The number of furan rings is 1. The first kappa shape index (κ1) is 25.1. The molecular weight excluding hydrogens is 498 g/mol. The average molecular weight is 524 g/mol. The summed E-state index contributed by atoms with van der Waals surface area (Å²) in [4.78, 5) is 15.5. The van der Waals surface area contributed by atoms with Crippen LogP contribution in [0.2, 0.25) is 0 Å². The van der Waals surface area contributed by atoms with Crippen molar-refractivity contribution < 1.29 is 18.7 Å². The summed E-state index contributed by atoms with van der Waals surface area (Å²) in [6, 6.07) is 28.8. The number of carbonyl (C=O) groups is 1. The van der Waals surface area contributed by atoms with E-state index in [1.165, 1.54) is 11.8 Å². The molecule has 7 nitrogen and oxygen atoms in total. The van der Waals surface area contributed by atoms with Gasteiger partial charge < -0.3 is 13.9 Å². The minimum Gasteiger partial charge on any atom is -0.496 e. The van der Waals surface area contributed by atoms with Crippen LogP contribution in [0.1, 0.15) is 22.5 Å². The summed E-state index contributed by atoms with van der Waals surface area (Å²) in [6.07, 6.45) is 5.03. The van der Waals surface area contributed by atoms with Gasteiger partial charge in [-0.25, -0.2) is 0 Å². The van der Waals surface area contributed by atoms with Gasteiger partial charge in [-0.2, -0.15) is 5.10 Å². The fraction of sp³-hybridized carbons (Fsp3) is 0.100. The highest BCUT2D eigenvalue weighted by atomic mass is 32.2. The lowest BCUT2D eigenvalue weighted by molar-refractivity contribution is -0.122. The Morgan fingerprint density at radius 3 is 2.63 bits per heavy atom. The van der Waals surface area contributed by atoms with Gasteiger partial charge in [-0.05, 0) is 65.4 Å².